The molecule has 1 aromatic heterocycles. The van der Waals surface area contributed by atoms with Crippen molar-refractivity contribution < 1.29 is 4.74 Å². The van der Waals surface area contributed by atoms with Crippen LogP contribution < -0.4 is 11.5 Å². The molecule has 21 heavy (non-hydrogen) atoms. The molecule has 0 unspecified atom stereocenters. The van der Waals surface area contributed by atoms with Crippen molar-refractivity contribution in [2.45, 2.75) is 6.61 Å². The zero-order valence-electron chi connectivity index (χ0n) is 11.4. The van der Waals surface area contributed by atoms with Gasteiger partial charge in [-0.25, -0.2) is 4.98 Å². The van der Waals surface area contributed by atoms with Gasteiger partial charge in [-0.2, -0.15) is 10.2 Å². The van der Waals surface area contributed by atoms with Gasteiger partial charge in [0.05, 0.1) is 18.9 Å². The fourth-order valence-corrected chi connectivity index (χ4v) is 1.88. The minimum atomic E-state index is 0.0369. The van der Waals surface area contributed by atoms with E-state index in [9.17, 15) is 5.26 Å². The van der Waals surface area contributed by atoms with E-state index in [0.717, 1.165) is 11.1 Å². The van der Waals surface area contributed by atoms with Gasteiger partial charge in [-0.05, 0) is 11.6 Å². The van der Waals surface area contributed by atoms with Gasteiger partial charge in [-0.15, -0.1) is 6.58 Å². The molecule has 2 aromatic rings. The van der Waals surface area contributed by atoms with E-state index in [1.54, 1.807) is 6.08 Å². The summed E-state index contributed by atoms with van der Waals surface area (Å²) in [4.78, 5) is 7.92. The molecule has 0 saturated heterocycles. The number of rotatable bonds is 5. The van der Waals surface area contributed by atoms with Crippen LogP contribution in [-0.4, -0.2) is 16.6 Å². The Kier molecular flexibility index (Phi) is 4.49. The number of ether oxygens (including phenoxy) is 1. The number of hydrogen-bond acceptors (Lipinski definition) is 6. The summed E-state index contributed by atoms with van der Waals surface area (Å²) in [5, 5.41) is 9.21. The SMILES string of the molecule is C=CCOCc1cccc(-c2nc(N)nc(N)c2C#N)c1. The molecule has 1 aromatic carbocycles. The minimum absolute atomic E-state index is 0.0369. The molecule has 0 fully saturated rings. The molecule has 1 heterocycles. The molecular weight excluding hydrogens is 266 g/mol. The Balaban J connectivity index is 2.41. The fourth-order valence-electron chi connectivity index (χ4n) is 1.88. The van der Waals surface area contributed by atoms with E-state index in [1.165, 1.54) is 0 Å². The largest absolute Gasteiger partial charge is 0.382 e. The third-order valence-electron chi connectivity index (χ3n) is 2.77. The lowest BCUT2D eigenvalue weighted by Crippen LogP contribution is -2.05. The van der Waals surface area contributed by atoms with Crippen LogP contribution in [0.5, 0.6) is 0 Å². The summed E-state index contributed by atoms with van der Waals surface area (Å²) in [7, 11) is 0. The predicted octanol–water partition coefficient (Wildman–Crippen LogP) is 1.88. The standard InChI is InChI=1S/C15H15N5O/c1-2-6-21-9-10-4-3-5-11(7-10)13-12(8-16)14(17)20-15(18)19-13/h2-5,7H,1,6,9H2,(H4,17,18,19,20). The van der Waals surface area contributed by atoms with Crippen LogP contribution in [0.1, 0.15) is 11.1 Å². The average molecular weight is 281 g/mol. The maximum Gasteiger partial charge on any atom is 0.222 e. The van der Waals surface area contributed by atoms with Crippen LogP contribution in [0.15, 0.2) is 36.9 Å². The summed E-state index contributed by atoms with van der Waals surface area (Å²) >= 11 is 0. The van der Waals surface area contributed by atoms with Gasteiger partial charge in [-0.3, -0.25) is 0 Å². The first kappa shape index (κ1) is 14.5. The molecule has 0 spiro atoms. The Morgan fingerprint density at radius 3 is 2.86 bits per heavy atom. The van der Waals surface area contributed by atoms with Crippen molar-refractivity contribution in [1.82, 2.24) is 9.97 Å². The highest BCUT2D eigenvalue weighted by atomic mass is 16.5. The Morgan fingerprint density at radius 2 is 2.14 bits per heavy atom. The lowest BCUT2D eigenvalue weighted by molar-refractivity contribution is 0.149. The van der Waals surface area contributed by atoms with Crippen LogP contribution in [-0.2, 0) is 11.3 Å². The van der Waals surface area contributed by atoms with Crippen molar-refractivity contribution in [2.75, 3.05) is 18.1 Å². The summed E-state index contributed by atoms with van der Waals surface area (Å²) < 4.78 is 5.40. The lowest BCUT2D eigenvalue weighted by atomic mass is 10.0. The number of nitrogens with zero attached hydrogens (tertiary/aromatic N) is 3. The van der Waals surface area contributed by atoms with Gasteiger partial charge in [0.25, 0.3) is 0 Å². The summed E-state index contributed by atoms with van der Waals surface area (Å²) in [6, 6.07) is 9.51. The van der Waals surface area contributed by atoms with Gasteiger partial charge < -0.3 is 16.2 Å². The summed E-state index contributed by atoms with van der Waals surface area (Å²) in [6.45, 7) is 4.51. The molecule has 0 aliphatic rings. The van der Waals surface area contributed by atoms with Crippen molar-refractivity contribution in [3.63, 3.8) is 0 Å². The molecule has 0 radical (unpaired) electrons. The van der Waals surface area contributed by atoms with Crippen LogP contribution in [0, 0.1) is 11.3 Å². The number of benzene rings is 1. The number of aromatic nitrogens is 2. The molecule has 6 heteroatoms. The maximum atomic E-state index is 9.21. The second-order valence-corrected chi connectivity index (χ2v) is 4.31. The number of nitrogens with two attached hydrogens (primary N) is 2. The van der Waals surface area contributed by atoms with E-state index in [1.807, 2.05) is 30.3 Å². The van der Waals surface area contributed by atoms with Crippen molar-refractivity contribution in [2.24, 2.45) is 0 Å². The van der Waals surface area contributed by atoms with Crippen LogP contribution >= 0.6 is 0 Å². The molecular formula is C15H15N5O. The number of anilines is 2. The van der Waals surface area contributed by atoms with E-state index in [0.29, 0.717) is 18.9 Å². The molecule has 2 rings (SSSR count). The molecule has 0 atom stereocenters. The highest BCUT2D eigenvalue weighted by molar-refractivity contribution is 5.73. The first-order valence-electron chi connectivity index (χ1n) is 6.26. The van der Waals surface area contributed by atoms with Crippen molar-refractivity contribution >= 4 is 11.8 Å². The molecule has 6 nitrogen and oxygen atoms in total. The highest BCUT2D eigenvalue weighted by Crippen LogP contribution is 2.26. The normalized spacial score (nSPS) is 10.0. The second kappa shape index (κ2) is 6.50. The van der Waals surface area contributed by atoms with Crippen LogP contribution in [0.3, 0.4) is 0 Å². The number of nitriles is 1. The Hall–Kier alpha value is -2.91. The van der Waals surface area contributed by atoms with Gasteiger partial charge in [0.1, 0.15) is 17.5 Å². The van der Waals surface area contributed by atoms with Crippen LogP contribution in [0.2, 0.25) is 0 Å². The smallest absolute Gasteiger partial charge is 0.222 e. The second-order valence-electron chi connectivity index (χ2n) is 4.31. The van der Waals surface area contributed by atoms with E-state index in [-0.39, 0.29) is 17.3 Å². The van der Waals surface area contributed by atoms with E-state index in [2.05, 4.69) is 16.5 Å². The Labute approximate surface area is 122 Å². The summed E-state index contributed by atoms with van der Waals surface area (Å²) in [6.07, 6.45) is 1.68. The van der Waals surface area contributed by atoms with E-state index in [4.69, 9.17) is 16.2 Å². The quantitative estimate of drug-likeness (QED) is 0.639. The zero-order valence-corrected chi connectivity index (χ0v) is 11.4. The van der Waals surface area contributed by atoms with Gasteiger partial charge in [-0.1, -0.05) is 24.3 Å². The van der Waals surface area contributed by atoms with Crippen LogP contribution in [0.25, 0.3) is 11.3 Å². The van der Waals surface area contributed by atoms with Gasteiger partial charge in [0.15, 0.2) is 0 Å². The zero-order chi connectivity index (χ0) is 15.2. The summed E-state index contributed by atoms with van der Waals surface area (Å²) in [5.41, 5.74) is 13.7. The molecule has 4 N–H and O–H groups in total. The van der Waals surface area contributed by atoms with Crippen molar-refractivity contribution in [1.29, 1.82) is 5.26 Å². The maximum absolute atomic E-state index is 9.21. The highest BCUT2D eigenvalue weighted by Gasteiger charge is 2.13. The van der Waals surface area contributed by atoms with Gasteiger partial charge in [0, 0.05) is 5.56 Å². The number of hydrogen-bond donors (Lipinski definition) is 2. The minimum Gasteiger partial charge on any atom is -0.382 e. The van der Waals surface area contributed by atoms with Crippen molar-refractivity contribution in [3.8, 4) is 17.3 Å². The lowest BCUT2D eigenvalue weighted by Gasteiger charge is -2.08. The van der Waals surface area contributed by atoms with Gasteiger partial charge in [0.2, 0.25) is 5.95 Å². The molecule has 106 valence electrons. The Morgan fingerprint density at radius 1 is 1.33 bits per heavy atom. The monoisotopic (exact) mass is 281 g/mol. The Bertz CT molecular complexity index is 706. The van der Waals surface area contributed by atoms with Gasteiger partial charge >= 0.3 is 0 Å². The van der Waals surface area contributed by atoms with E-state index < -0.39 is 0 Å². The molecule has 0 aliphatic heterocycles. The van der Waals surface area contributed by atoms with Crippen LogP contribution in [0.4, 0.5) is 11.8 Å². The molecule has 0 aliphatic carbocycles. The third-order valence-corrected chi connectivity index (χ3v) is 2.77. The fraction of sp³-hybridized carbons (Fsp3) is 0.133. The first-order valence-corrected chi connectivity index (χ1v) is 6.26. The molecule has 0 amide bonds. The third kappa shape index (κ3) is 3.35. The summed E-state index contributed by atoms with van der Waals surface area (Å²) in [5.74, 6) is 0.114. The predicted molar refractivity (Wildman–Crippen MR) is 80.9 cm³/mol. The number of nitrogen functional groups attached to an aromatic ring is 2. The first-order chi connectivity index (χ1) is 10.2. The molecule has 0 bridgehead atoms. The van der Waals surface area contributed by atoms with E-state index >= 15 is 0 Å². The topological polar surface area (TPSA) is 111 Å². The van der Waals surface area contributed by atoms with Crippen molar-refractivity contribution in [3.05, 3.63) is 48.0 Å². The average Bonchev–Trinajstić information content (AvgIpc) is 2.47. The molecule has 0 saturated carbocycles.